The number of H-pyrrole nitrogens is 1. The fourth-order valence-electron chi connectivity index (χ4n) is 4.25. The van der Waals surface area contributed by atoms with Gasteiger partial charge in [0.05, 0.1) is 6.42 Å². The first-order valence-electron chi connectivity index (χ1n) is 10.4. The zero-order chi connectivity index (χ0) is 19.3. The second kappa shape index (κ2) is 8.59. The number of carbonyl (C=O) groups excluding carboxylic acids is 2. The normalized spacial score (nSPS) is 22.3. The standard InChI is InChI=1S/C22H28N4O2/c27-21(11-15-7-3-1-4-8-15)23-18-12-17(13-18)19-14-20(26-25-19)24-22(28)16-9-5-2-6-10-16/h1,3-4,7-8,14,16-18H,2,5-6,9-13H2,(H,23,27)(H2,24,25,26,28). The number of amides is 2. The van der Waals surface area contributed by atoms with Gasteiger partial charge in [-0.1, -0.05) is 49.6 Å². The summed E-state index contributed by atoms with van der Waals surface area (Å²) >= 11 is 0. The van der Waals surface area contributed by atoms with Crippen LogP contribution in [0, 0.1) is 5.92 Å². The molecule has 1 aromatic heterocycles. The molecule has 1 heterocycles. The lowest BCUT2D eigenvalue weighted by atomic mass is 9.78. The summed E-state index contributed by atoms with van der Waals surface area (Å²) in [6, 6.07) is 11.9. The summed E-state index contributed by atoms with van der Waals surface area (Å²) in [5, 5.41) is 13.4. The number of nitrogens with zero attached hydrogens (tertiary/aromatic N) is 1. The minimum absolute atomic E-state index is 0.0692. The molecule has 2 saturated carbocycles. The van der Waals surface area contributed by atoms with Crippen LogP contribution in [-0.4, -0.2) is 28.1 Å². The Bertz CT molecular complexity index is 805. The number of carbonyl (C=O) groups is 2. The average molecular weight is 380 g/mol. The number of anilines is 1. The number of aromatic amines is 1. The zero-order valence-corrected chi connectivity index (χ0v) is 16.1. The van der Waals surface area contributed by atoms with Crippen molar-refractivity contribution in [2.45, 2.75) is 63.3 Å². The highest BCUT2D eigenvalue weighted by Crippen LogP contribution is 2.36. The van der Waals surface area contributed by atoms with Crippen molar-refractivity contribution in [3.05, 3.63) is 47.7 Å². The van der Waals surface area contributed by atoms with Crippen molar-refractivity contribution in [2.75, 3.05) is 5.32 Å². The number of aromatic nitrogens is 2. The largest absolute Gasteiger partial charge is 0.353 e. The minimum Gasteiger partial charge on any atom is -0.353 e. The maximum Gasteiger partial charge on any atom is 0.228 e. The summed E-state index contributed by atoms with van der Waals surface area (Å²) in [6.07, 6.45) is 7.71. The highest BCUT2D eigenvalue weighted by molar-refractivity contribution is 5.91. The summed E-state index contributed by atoms with van der Waals surface area (Å²) in [7, 11) is 0. The smallest absolute Gasteiger partial charge is 0.228 e. The third kappa shape index (κ3) is 4.61. The fraction of sp³-hybridized carbons (Fsp3) is 0.500. The molecule has 1 aromatic carbocycles. The monoisotopic (exact) mass is 380 g/mol. The van der Waals surface area contributed by atoms with Crippen molar-refractivity contribution in [3.8, 4) is 0 Å². The molecule has 6 heteroatoms. The van der Waals surface area contributed by atoms with Gasteiger partial charge in [0.15, 0.2) is 5.82 Å². The average Bonchev–Trinajstić information content (AvgIpc) is 3.13. The van der Waals surface area contributed by atoms with E-state index in [0.717, 1.165) is 49.8 Å². The lowest BCUT2D eigenvalue weighted by Crippen LogP contribution is -2.44. The van der Waals surface area contributed by atoms with Gasteiger partial charge in [-0.05, 0) is 31.2 Å². The molecule has 6 nitrogen and oxygen atoms in total. The molecule has 3 N–H and O–H groups in total. The van der Waals surface area contributed by atoms with Gasteiger partial charge in [0.2, 0.25) is 11.8 Å². The van der Waals surface area contributed by atoms with Gasteiger partial charge >= 0.3 is 0 Å². The van der Waals surface area contributed by atoms with E-state index in [1.807, 2.05) is 36.4 Å². The molecule has 0 atom stereocenters. The summed E-state index contributed by atoms with van der Waals surface area (Å²) in [5.74, 6) is 1.26. The minimum atomic E-state index is 0.0692. The Hall–Kier alpha value is -2.63. The summed E-state index contributed by atoms with van der Waals surface area (Å²) < 4.78 is 0. The third-order valence-corrected chi connectivity index (χ3v) is 5.98. The lowest BCUT2D eigenvalue weighted by molar-refractivity contribution is -0.122. The fourth-order valence-corrected chi connectivity index (χ4v) is 4.25. The summed E-state index contributed by atoms with van der Waals surface area (Å²) in [6.45, 7) is 0. The van der Waals surface area contributed by atoms with E-state index in [4.69, 9.17) is 0 Å². The van der Waals surface area contributed by atoms with Crippen molar-refractivity contribution >= 4 is 17.6 Å². The van der Waals surface area contributed by atoms with Crippen molar-refractivity contribution < 1.29 is 9.59 Å². The lowest BCUT2D eigenvalue weighted by Gasteiger charge is -2.35. The molecule has 2 aliphatic rings. The highest BCUT2D eigenvalue weighted by atomic mass is 16.2. The summed E-state index contributed by atoms with van der Waals surface area (Å²) in [4.78, 5) is 24.5. The Kier molecular flexibility index (Phi) is 5.74. The van der Waals surface area contributed by atoms with Gasteiger partial charge in [0, 0.05) is 29.6 Å². The molecule has 0 spiro atoms. The molecular formula is C22H28N4O2. The van der Waals surface area contributed by atoms with E-state index >= 15 is 0 Å². The van der Waals surface area contributed by atoms with Crippen molar-refractivity contribution in [1.29, 1.82) is 0 Å². The first-order valence-corrected chi connectivity index (χ1v) is 10.4. The van der Waals surface area contributed by atoms with Crippen LogP contribution in [0.3, 0.4) is 0 Å². The zero-order valence-electron chi connectivity index (χ0n) is 16.1. The van der Waals surface area contributed by atoms with Crippen LogP contribution in [0.2, 0.25) is 0 Å². The van der Waals surface area contributed by atoms with Gasteiger partial charge in [-0.25, -0.2) is 0 Å². The second-order valence-electron chi connectivity index (χ2n) is 8.13. The van der Waals surface area contributed by atoms with Crippen molar-refractivity contribution in [1.82, 2.24) is 15.5 Å². The molecule has 2 amide bonds. The van der Waals surface area contributed by atoms with E-state index in [2.05, 4.69) is 20.8 Å². The maximum absolute atomic E-state index is 12.3. The number of rotatable bonds is 6. The molecule has 2 aromatic rings. The Morgan fingerprint density at radius 3 is 2.57 bits per heavy atom. The molecule has 0 bridgehead atoms. The van der Waals surface area contributed by atoms with Gasteiger partial charge in [0.1, 0.15) is 0 Å². The Labute approximate surface area is 165 Å². The maximum atomic E-state index is 12.3. The predicted octanol–water partition coefficient (Wildman–Crippen LogP) is 3.53. The van der Waals surface area contributed by atoms with E-state index in [9.17, 15) is 9.59 Å². The third-order valence-electron chi connectivity index (χ3n) is 5.98. The highest BCUT2D eigenvalue weighted by Gasteiger charge is 2.33. The van der Waals surface area contributed by atoms with E-state index in [1.165, 1.54) is 6.42 Å². The van der Waals surface area contributed by atoms with Crippen LogP contribution in [0.4, 0.5) is 5.82 Å². The predicted molar refractivity (Wildman–Crippen MR) is 108 cm³/mol. The van der Waals surface area contributed by atoms with Gasteiger partial charge in [-0.15, -0.1) is 0 Å². The number of nitrogens with one attached hydrogen (secondary N) is 3. The Morgan fingerprint density at radius 1 is 1.07 bits per heavy atom. The van der Waals surface area contributed by atoms with Crippen molar-refractivity contribution in [2.24, 2.45) is 5.92 Å². The Balaban J connectivity index is 1.21. The van der Waals surface area contributed by atoms with Crippen LogP contribution in [0.25, 0.3) is 0 Å². The number of hydrogen-bond acceptors (Lipinski definition) is 3. The first-order chi connectivity index (χ1) is 13.7. The van der Waals surface area contributed by atoms with Gasteiger partial charge in [-0.2, -0.15) is 5.10 Å². The van der Waals surface area contributed by atoms with Crippen LogP contribution < -0.4 is 10.6 Å². The van der Waals surface area contributed by atoms with E-state index in [-0.39, 0.29) is 23.8 Å². The molecule has 4 rings (SSSR count). The molecule has 0 radical (unpaired) electrons. The molecule has 2 fully saturated rings. The number of hydrogen-bond donors (Lipinski definition) is 3. The van der Waals surface area contributed by atoms with E-state index in [1.54, 1.807) is 0 Å². The van der Waals surface area contributed by atoms with Gasteiger partial charge in [-0.3, -0.25) is 14.7 Å². The van der Waals surface area contributed by atoms with Crippen LogP contribution in [-0.2, 0) is 16.0 Å². The van der Waals surface area contributed by atoms with Crippen molar-refractivity contribution in [3.63, 3.8) is 0 Å². The number of benzene rings is 1. The molecule has 148 valence electrons. The summed E-state index contributed by atoms with van der Waals surface area (Å²) in [5.41, 5.74) is 2.07. The van der Waals surface area contributed by atoms with Crippen LogP contribution in [0.5, 0.6) is 0 Å². The van der Waals surface area contributed by atoms with E-state index < -0.39 is 0 Å². The molecule has 0 saturated heterocycles. The molecule has 0 unspecified atom stereocenters. The molecule has 28 heavy (non-hydrogen) atoms. The topological polar surface area (TPSA) is 86.9 Å². The molecular weight excluding hydrogens is 352 g/mol. The van der Waals surface area contributed by atoms with Crippen LogP contribution in [0.1, 0.15) is 62.1 Å². The van der Waals surface area contributed by atoms with Gasteiger partial charge in [0.25, 0.3) is 0 Å². The quantitative estimate of drug-likeness (QED) is 0.716. The SMILES string of the molecule is O=C(Cc1ccccc1)NC1CC(c2cc(NC(=O)C3CCCCC3)n[nH]2)C1. The van der Waals surface area contributed by atoms with Gasteiger partial charge < -0.3 is 10.6 Å². The van der Waals surface area contributed by atoms with E-state index in [0.29, 0.717) is 18.2 Å². The van der Waals surface area contributed by atoms with Crippen LogP contribution in [0.15, 0.2) is 36.4 Å². The molecule has 0 aliphatic heterocycles. The Morgan fingerprint density at radius 2 is 1.82 bits per heavy atom. The van der Waals surface area contributed by atoms with Crippen LogP contribution >= 0.6 is 0 Å². The first kappa shape index (κ1) is 18.7. The second-order valence-corrected chi connectivity index (χ2v) is 8.13. The molecule has 2 aliphatic carbocycles.